The van der Waals surface area contributed by atoms with Gasteiger partial charge in [0.15, 0.2) is 0 Å². The molecular formula is C14H17O2. The van der Waals surface area contributed by atoms with Crippen molar-refractivity contribution < 1.29 is 9.90 Å². The summed E-state index contributed by atoms with van der Waals surface area (Å²) in [7, 11) is 0. The standard InChI is InChI=1S/C14H17O2/c15-14(16)10-12-8-4-5-9-13(12)11-6-2-1-3-7-11/h4-5,8-9H,1-3,6-7,10H2,(H,15,16). The molecule has 2 nitrogen and oxygen atoms in total. The van der Waals surface area contributed by atoms with Crippen LogP contribution in [0.4, 0.5) is 0 Å². The van der Waals surface area contributed by atoms with Crippen LogP contribution in [0.1, 0.15) is 43.2 Å². The van der Waals surface area contributed by atoms with Gasteiger partial charge in [0.05, 0.1) is 6.42 Å². The van der Waals surface area contributed by atoms with E-state index >= 15 is 0 Å². The van der Waals surface area contributed by atoms with E-state index in [2.05, 4.69) is 6.07 Å². The van der Waals surface area contributed by atoms with Gasteiger partial charge in [-0.3, -0.25) is 4.79 Å². The zero-order valence-corrected chi connectivity index (χ0v) is 9.41. The van der Waals surface area contributed by atoms with Gasteiger partial charge < -0.3 is 5.11 Å². The SMILES string of the molecule is O=C(O)Cc1ccccc1[C]1CCCCC1. The molecule has 0 saturated heterocycles. The Kier molecular flexibility index (Phi) is 3.60. The lowest BCUT2D eigenvalue weighted by Crippen LogP contribution is -2.10. The van der Waals surface area contributed by atoms with Gasteiger partial charge in [-0.15, -0.1) is 0 Å². The lowest BCUT2D eigenvalue weighted by atomic mass is 9.81. The highest BCUT2D eigenvalue weighted by atomic mass is 16.4. The predicted molar refractivity (Wildman–Crippen MR) is 63.2 cm³/mol. The molecule has 1 saturated carbocycles. The zero-order chi connectivity index (χ0) is 11.4. The average molecular weight is 217 g/mol. The molecule has 0 spiro atoms. The van der Waals surface area contributed by atoms with E-state index in [0.29, 0.717) is 0 Å². The van der Waals surface area contributed by atoms with E-state index in [0.717, 1.165) is 18.4 Å². The van der Waals surface area contributed by atoms with Crippen molar-refractivity contribution in [1.29, 1.82) is 0 Å². The minimum atomic E-state index is -0.746. The van der Waals surface area contributed by atoms with Crippen molar-refractivity contribution in [3.05, 3.63) is 41.3 Å². The monoisotopic (exact) mass is 217 g/mol. The van der Waals surface area contributed by atoms with Crippen molar-refractivity contribution in [3.8, 4) is 0 Å². The van der Waals surface area contributed by atoms with Crippen LogP contribution >= 0.6 is 0 Å². The fourth-order valence-electron chi connectivity index (χ4n) is 2.43. The highest BCUT2D eigenvalue weighted by molar-refractivity contribution is 5.71. The first-order valence-corrected chi connectivity index (χ1v) is 5.92. The molecule has 0 atom stereocenters. The Bertz CT molecular complexity index is 365. The number of carboxylic acid groups (broad SMARTS) is 1. The molecule has 2 rings (SSSR count). The lowest BCUT2D eigenvalue weighted by Gasteiger charge is -2.23. The molecule has 1 aromatic rings. The van der Waals surface area contributed by atoms with Crippen molar-refractivity contribution in [2.75, 3.05) is 0 Å². The highest BCUT2D eigenvalue weighted by Gasteiger charge is 2.19. The van der Waals surface area contributed by atoms with E-state index in [1.807, 2.05) is 18.2 Å². The number of rotatable bonds is 3. The fraction of sp³-hybridized carbons (Fsp3) is 0.429. The van der Waals surface area contributed by atoms with Crippen molar-refractivity contribution in [2.45, 2.75) is 38.5 Å². The molecule has 0 aliphatic heterocycles. The number of carboxylic acids is 1. The van der Waals surface area contributed by atoms with Gasteiger partial charge >= 0.3 is 5.97 Å². The number of benzene rings is 1. The Morgan fingerprint density at radius 2 is 1.81 bits per heavy atom. The normalized spacial score (nSPS) is 17.2. The molecular weight excluding hydrogens is 200 g/mol. The topological polar surface area (TPSA) is 37.3 Å². The van der Waals surface area contributed by atoms with Gasteiger partial charge in [0.25, 0.3) is 0 Å². The summed E-state index contributed by atoms with van der Waals surface area (Å²) in [4.78, 5) is 10.8. The van der Waals surface area contributed by atoms with E-state index in [-0.39, 0.29) is 6.42 Å². The van der Waals surface area contributed by atoms with Gasteiger partial charge in [0.2, 0.25) is 0 Å². The minimum Gasteiger partial charge on any atom is -0.481 e. The number of aliphatic carboxylic acids is 1. The van der Waals surface area contributed by atoms with Crippen molar-refractivity contribution >= 4 is 5.97 Å². The molecule has 0 heterocycles. The largest absolute Gasteiger partial charge is 0.481 e. The van der Waals surface area contributed by atoms with Crippen LogP contribution in [0.25, 0.3) is 0 Å². The van der Waals surface area contributed by atoms with Gasteiger partial charge in [-0.25, -0.2) is 0 Å². The second kappa shape index (κ2) is 5.15. The molecule has 85 valence electrons. The van der Waals surface area contributed by atoms with Gasteiger partial charge in [-0.2, -0.15) is 0 Å². The maximum Gasteiger partial charge on any atom is 0.307 e. The second-order valence-corrected chi connectivity index (χ2v) is 4.39. The van der Waals surface area contributed by atoms with E-state index < -0.39 is 5.97 Å². The Hall–Kier alpha value is -1.31. The lowest BCUT2D eigenvalue weighted by molar-refractivity contribution is -0.136. The molecule has 2 heteroatoms. The molecule has 1 radical (unpaired) electrons. The van der Waals surface area contributed by atoms with Gasteiger partial charge in [0.1, 0.15) is 0 Å². The Morgan fingerprint density at radius 3 is 2.50 bits per heavy atom. The molecule has 1 aliphatic rings. The summed E-state index contributed by atoms with van der Waals surface area (Å²) in [6.07, 6.45) is 6.21. The molecule has 0 bridgehead atoms. The first kappa shape index (κ1) is 11.2. The van der Waals surface area contributed by atoms with E-state index in [9.17, 15) is 4.79 Å². The van der Waals surface area contributed by atoms with Crippen LogP contribution in [-0.4, -0.2) is 11.1 Å². The Morgan fingerprint density at radius 1 is 1.12 bits per heavy atom. The zero-order valence-electron chi connectivity index (χ0n) is 9.41. The number of hydrogen-bond acceptors (Lipinski definition) is 1. The molecule has 0 unspecified atom stereocenters. The van der Waals surface area contributed by atoms with E-state index in [1.54, 1.807) is 0 Å². The molecule has 1 aliphatic carbocycles. The summed E-state index contributed by atoms with van der Waals surface area (Å²) in [6.45, 7) is 0. The summed E-state index contributed by atoms with van der Waals surface area (Å²) in [5, 5.41) is 8.88. The van der Waals surface area contributed by atoms with Crippen LogP contribution in [0.3, 0.4) is 0 Å². The Labute approximate surface area is 96.3 Å². The van der Waals surface area contributed by atoms with Crippen molar-refractivity contribution in [2.24, 2.45) is 0 Å². The third-order valence-corrected chi connectivity index (χ3v) is 3.20. The fourth-order valence-corrected chi connectivity index (χ4v) is 2.43. The highest BCUT2D eigenvalue weighted by Crippen LogP contribution is 2.33. The predicted octanol–water partition coefficient (Wildman–Crippen LogP) is 3.20. The van der Waals surface area contributed by atoms with Gasteiger partial charge in [0, 0.05) is 5.92 Å². The maximum absolute atomic E-state index is 10.8. The first-order chi connectivity index (χ1) is 7.77. The quantitative estimate of drug-likeness (QED) is 0.844. The average Bonchev–Trinajstić information content (AvgIpc) is 2.30. The summed E-state index contributed by atoms with van der Waals surface area (Å²) < 4.78 is 0. The number of hydrogen-bond donors (Lipinski definition) is 1. The molecule has 0 aromatic heterocycles. The summed E-state index contributed by atoms with van der Waals surface area (Å²) in [5.41, 5.74) is 2.15. The van der Waals surface area contributed by atoms with Crippen LogP contribution in [0.15, 0.2) is 24.3 Å². The molecule has 16 heavy (non-hydrogen) atoms. The Balaban J connectivity index is 2.20. The van der Waals surface area contributed by atoms with Crippen LogP contribution < -0.4 is 0 Å². The van der Waals surface area contributed by atoms with E-state index in [4.69, 9.17) is 5.11 Å². The molecule has 1 fully saturated rings. The van der Waals surface area contributed by atoms with Crippen LogP contribution in [0, 0.1) is 5.92 Å². The number of carbonyl (C=O) groups is 1. The van der Waals surface area contributed by atoms with Gasteiger partial charge in [-0.1, -0.05) is 43.5 Å². The maximum atomic E-state index is 10.8. The first-order valence-electron chi connectivity index (χ1n) is 5.92. The molecule has 0 amide bonds. The van der Waals surface area contributed by atoms with Crippen molar-refractivity contribution in [1.82, 2.24) is 0 Å². The summed E-state index contributed by atoms with van der Waals surface area (Å²) >= 11 is 0. The smallest absolute Gasteiger partial charge is 0.307 e. The second-order valence-electron chi connectivity index (χ2n) is 4.39. The van der Waals surface area contributed by atoms with E-state index in [1.165, 1.54) is 30.7 Å². The van der Waals surface area contributed by atoms with Crippen LogP contribution in [-0.2, 0) is 11.2 Å². The third-order valence-electron chi connectivity index (χ3n) is 3.20. The summed E-state index contributed by atoms with van der Waals surface area (Å²) in [6, 6.07) is 7.93. The van der Waals surface area contributed by atoms with Gasteiger partial charge in [-0.05, 0) is 24.0 Å². The minimum absolute atomic E-state index is 0.139. The molecule has 1 N–H and O–H groups in total. The third kappa shape index (κ3) is 2.63. The van der Waals surface area contributed by atoms with Crippen LogP contribution in [0.2, 0.25) is 0 Å². The van der Waals surface area contributed by atoms with Crippen molar-refractivity contribution in [3.63, 3.8) is 0 Å². The molecule has 1 aromatic carbocycles. The van der Waals surface area contributed by atoms with Crippen LogP contribution in [0.5, 0.6) is 0 Å². The summed E-state index contributed by atoms with van der Waals surface area (Å²) in [5.74, 6) is 0.701.